The lowest BCUT2D eigenvalue weighted by atomic mass is 10.0. The number of nitrogens with one attached hydrogen (secondary N) is 1. The van der Waals surface area contributed by atoms with Gasteiger partial charge in [-0.05, 0) is 38.8 Å². The van der Waals surface area contributed by atoms with Gasteiger partial charge in [0.15, 0.2) is 5.17 Å². The van der Waals surface area contributed by atoms with Gasteiger partial charge >= 0.3 is 0 Å². The molecule has 3 rings (SSSR count). The maximum absolute atomic E-state index is 4.86. The van der Waals surface area contributed by atoms with Crippen LogP contribution in [0.4, 0.5) is 0 Å². The van der Waals surface area contributed by atoms with Crippen molar-refractivity contribution in [3.05, 3.63) is 21.9 Å². The number of amidine groups is 1. The van der Waals surface area contributed by atoms with E-state index in [2.05, 4.69) is 31.3 Å². The Labute approximate surface area is 117 Å². The van der Waals surface area contributed by atoms with E-state index in [0.717, 1.165) is 5.17 Å². The second-order valence-corrected chi connectivity index (χ2v) is 7.74. The average molecular weight is 280 g/mol. The van der Waals surface area contributed by atoms with Crippen molar-refractivity contribution in [2.45, 2.75) is 51.1 Å². The van der Waals surface area contributed by atoms with Crippen LogP contribution in [0.5, 0.6) is 0 Å². The van der Waals surface area contributed by atoms with E-state index in [9.17, 15) is 0 Å². The first-order valence-electron chi connectivity index (χ1n) is 6.72. The number of aryl methyl sites for hydroxylation is 1. The molecule has 1 saturated carbocycles. The van der Waals surface area contributed by atoms with Crippen LogP contribution < -0.4 is 5.32 Å². The van der Waals surface area contributed by atoms with E-state index < -0.39 is 0 Å². The zero-order valence-electron chi connectivity index (χ0n) is 11.0. The van der Waals surface area contributed by atoms with Crippen molar-refractivity contribution in [1.29, 1.82) is 0 Å². The number of aliphatic imine (C=N–C) groups is 1. The fourth-order valence-corrected chi connectivity index (χ4v) is 4.98. The number of thiophene rings is 1. The van der Waals surface area contributed by atoms with Crippen molar-refractivity contribution in [3.8, 4) is 0 Å². The summed E-state index contributed by atoms with van der Waals surface area (Å²) in [6.07, 6.45) is 5.40. The second-order valence-electron chi connectivity index (χ2n) is 5.46. The molecule has 0 radical (unpaired) electrons. The number of hydrogen-bond acceptors (Lipinski definition) is 3. The molecule has 1 aliphatic carbocycles. The summed E-state index contributed by atoms with van der Waals surface area (Å²) in [5.41, 5.74) is 0.384. The quantitative estimate of drug-likeness (QED) is 0.881. The van der Waals surface area contributed by atoms with Crippen molar-refractivity contribution in [2.75, 3.05) is 5.75 Å². The Balaban J connectivity index is 1.70. The van der Waals surface area contributed by atoms with E-state index in [1.807, 2.05) is 23.1 Å². The number of hydrogen-bond donors (Lipinski definition) is 1. The zero-order valence-corrected chi connectivity index (χ0v) is 12.7. The third kappa shape index (κ3) is 2.45. The van der Waals surface area contributed by atoms with Crippen LogP contribution in [0.15, 0.2) is 17.1 Å². The Morgan fingerprint density at radius 3 is 2.78 bits per heavy atom. The van der Waals surface area contributed by atoms with E-state index in [1.165, 1.54) is 41.2 Å². The molecule has 0 bridgehead atoms. The van der Waals surface area contributed by atoms with Gasteiger partial charge in [-0.2, -0.15) is 0 Å². The Hall–Kier alpha value is -0.480. The van der Waals surface area contributed by atoms with Gasteiger partial charge in [-0.1, -0.05) is 24.6 Å². The van der Waals surface area contributed by atoms with Gasteiger partial charge in [0.2, 0.25) is 0 Å². The third-order valence-corrected chi connectivity index (χ3v) is 6.25. The molecule has 4 heteroatoms. The van der Waals surface area contributed by atoms with Crippen LogP contribution in [-0.4, -0.2) is 16.5 Å². The SMILES string of the molecule is Cc1ccc(C(C)N=C2NC3(CCCC3)CS2)s1. The van der Waals surface area contributed by atoms with Crippen LogP contribution >= 0.6 is 23.1 Å². The first kappa shape index (κ1) is 12.5. The average Bonchev–Trinajstić information content (AvgIpc) is 3.03. The standard InChI is InChI=1S/C14H20N2S2/c1-10-5-6-12(18-10)11(2)15-13-16-14(9-17-13)7-3-4-8-14/h5-6,11H,3-4,7-9H2,1-2H3,(H,15,16). The third-order valence-electron chi connectivity index (χ3n) is 3.90. The summed E-state index contributed by atoms with van der Waals surface area (Å²) in [6, 6.07) is 4.68. The molecule has 1 atom stereocenters. The van der Waals surface area contributed by atoms with Crippen LogP contribution in [0, 0.1) is 6.92 Å². The molecular weight excluding hydrogens is 260 g/mol. The molecule has 2 nitrogen and oxygen atoms in total. The van der Waals surface area contributed by atoms with Crippen LogP contribution in [-0.2, 0) is 0 Å². The minimum atomic E-state index is 0.287. The summed E-state index contributed by atoms with van der Waals surface area (Å²) < 4.78 is 0. The molecular formula is C14H20N2S2. The molecule has 1 spiro atoms. The lowest BCUT2D eigenvalue weighted by Gasteiger charge is -2.22. The molecule has 0 aromatic carbocycles. The molecule has 2 heterocycles. The van der Waals surface area contributed by atoms with Crippen LogP contribution in [0.2, 0.25) is 0 Å². The van der Waals surface area contributed by atoms with Gasteiger partial charge in [0.05, 0.1) is 6.04 Å². The molecule has 1 aromatic rings. The summed E-state index contributed by atoms with van der Waals surface area (Å²) in [7, 11) is 0. The van der Waals surface area contributed by atoms with Gasteiger partial charge in [0.1, 0.15) is 0 Å². The number of rotatable bonds is 2. The Bertz CT molecular complexity index is 458. The van der Waals surface area contributed by atoms with Gasteiger partial charge < -0.3 is 5.32 Å². The van der Waals surface area contributed by atoms with Gasteiger partial charge in [0.25, 0.3) is 0 Å². The fraction of sp³-hybridized carbons (Fsp3) is 0.643. The fourth-order valence-electron chi connectivity index (χ4n) is 2.81. The van der Waals surface area contributed by atoms with E-state index in [-0.39, 0.29) is 6.04 Å². The minimum Gasteiger partial charge on any atom is -0.359 e. The number of thioether (sulfide) groups is 1. The molecule has 0 amide bonds. The molecule has 1 N–H and O–H groups in total. The van der Waals surface area contributed by atoms with E-state index in [4.69, 9.17) is 4.99 Å². The van der Waals surface area contributed by atoms with Gasteiger partial charge in [-0.15, -0.1) is 11.3 Å². The predicted octanol–water partition coefficient (Wildman–Crippen LogP) is 4.12. The molecule has 98 valence electrons. The van der Waals surface area contributed by atoms with Crippen LogP contribution in [0.25, 0.3) is 0 Å². The molecule has 1 aromatic heterocycles. The van der Waals surface area contributed by atoms with Gasteiger partial charge in [-0.3, -0.25) is 4.99 Å². The van der Waals surface area contributed by atoms with E-state index in [1.54, 1.807) is 0 Å². The molecule has 1 aliphatic heterocycles. The Morgan fingerprint density at radius 2 is 2.11 bits per heavy atom. The van der Waals surface area contributed by atoms with Crippen LogP contribution in [0.1, 0.15) is 48.4 Å². The lowest BCUT2D eigenvalue weighted by molar-refractivity contribution is 0.452. The first-order valence-corrected chi connectivity index (χ1v) is 8.52. The summed E-state index contributed by atoms with van der Waals surface area (Å²) in [5, 5.41) is 4.85. The second kappa shape index (κ2) is 4.89. The Morgan fingerprint density at radius 1 is 1.33 bits per heavy atom. The highest BCUT2D eigenvalue weighted by Gasteiger charge is 2.39. The van der Waals surface area contributed by atoms with Crippen molar-refractivity contribution in [3.63, 3.8) is 0 Å². The molecule has 2 aliphatic rings. The van der Waals surface area contributed by atoms with Crippen molar-refractivity contribution in [2.24, 2.45) is 4.99 Å². The maximum atomic E-state index is 4.86. The highest BCUT2D eigenvalue weighted by atomic mass is 32.2. The molecule has 18 heavy (non-hydrogen) atoms. The maximum Gasteiger partial charge on any atom is 0.157 e. The normalized spacial score (nSPS) is 25.8. The summed E-state index contributed by atoms with van der Waals surface area (Å²) in [6.45, 7) is 4.35. The minimum absolute atomic E-state index is 0.287. The van der Waals surface area contributed by atoms with Gasteiger partial charge in [0, 0.05) is 21.0 Å². The summed E-state index contributed by atoms with van der Waals surface area (Å²) >= 11 is 3.77. The summed E-state index contributed by atoms with van der Waals surface area (Å²) in [4.78, 5) is 7.60. The topological polar surface area (TPSA) is 24.4 Å². The Kier molecular flexibility index (Phi) is 3.41. The number of nitrogens with zero attached hydrogens (tertiary/aromatic N) is 1. The van der Waals surface area contributed by atoms with Crippen molar-refractivity contribution >= 4 is 28.3 Å². The monoisotopic (exact) mass is 280 g/mol. The van der Waals surface area contributed by atoms with Gasteiger partial charge in [-0.25, -0.2) is 0 Å². The smallest absolute Gasteiger partial charge is 0.157 e. The van der Waals surface area contributed by atoms with Crippen molar-refractivity contribution in [1.82, 2.24) is 5.32 Å². The highest BCUT2D eigenvalue weighted by Crippen LogP contribution is 2.38. The summed E-state index contributed by atoms with van der Waals surface area (Å²) in [5.74, 6) is 1.21. The lowest BCUT2D eigenvalue weighted by Crippen LogP contribution is -2.40. The molecule has 1 unspecified atom stereocenters. The predicted molar refractivity (Wildman–Crippen MR) is 81.7 cm³/mol. The van der Waals surface area contributed by atoms with E-state index >= 15 is 0 Å². The highest BCUT2D eigenvalue weighted by molar-refractivity contribution is 8.14. The largest absolute Gasteiger partial charge is 0.359 e. The van der Waals surface area contributed by atoms with E-state index in [0.29, 0.717) is 5.54 Å². The first-order chi connectivity index (χ1) is 8.67. The molecule has 1 saturated heterocycles. The molecule has 2 fully saturated rings. The zero-order chi connectivity index (χ0) is 12.6. The van der Waals surface area contributed by atoms with Crippen molar-refractivity contribution < 1.29 is 0 Å². The van der Waals surface area contributed by atoms with Crippen LogP contribution in [0.3, 0.4) is 0 Å².